The molecule has 0 aromatic carbocycles. The van der Waals surface area contributed by atoms with Crippen molar-refractivity contribution >= 4 is 29.4 Å². The highest BCUT2D eigenvalue weighted by atomic mass is 35.5. The zero-order valence-electron chi connectivity index (χ0n) is 10.0. The molecule has 1 N–H and O–H groups in total. The average Bonchev–Trinajstić information content (AvgIpc) is 2.85. The maximum Gasteiger partial charge on any atom is 0.315 e. The standard InChI is InChI=1S/C11H18ClN3OS/c1-17-11(5-3-2-4-6-11)8-13-10-15-14-9(7-12)16-10/h2-8H2,1H3,(H,13,15). The van der Waals surface area contributed by atoms with Crippen LogP contribution in [0.25, 0.3) is 0 Å². The van der Waals surface area contributed by atoms with Gasteiger partial charge < -0.3 is 9.73 Å². The number of halogens is 1. The van der Waals surface area contributed by atoms with Gasteiger partial charge in [0.05, 0.1) is 0 Å². The molecule has 0 radical (unpaired) electrons. The second-order valence-electron chi connectivity index (χ2n) is 4.44. The lowest BCUT2D eigenvalue weighted by atomic mass is 9.88. The van der Waals surface area contributed by atoms with E-state index in [1.807, 2.05) is 11.8 Å². The minimum atomic E-state index is 0.266. The van der Waals surface area contributed by atoms with Gasteiger partial charge in [0.25, 0.3) is 0 Å². The molecule has 4 nitrogen and oxygen atoms in total. The molecular formula is C11H18ClN3OS. The number of alkyl halides is 1. The van der Waals surface area contributed by atoms with Crippen LogP contribution in [-0.2, 0) is 5.88 Å². The first-order valence-electron chi connectivity index (χ1n) is 5.95. The van der Waals surface area contributed by atoms with Gasteiger partial charge in [-0.05, 0) is 19.1 Å². The Kier molecular flexibility index (Phi) is 4.56. The number of rotatable bonds is 5. The molecule has 1 aliphatic rings. The predicted molar refractivity (Wildman–Crippen MR) is 71.7 cm³/mol. The molecule has 1 heterocycles. The Morgan fingerprint density at radius 3 is 2.71 bits per heavy atom. The lowest BCUT2D eigenvalue weighted by Crippen LogP contribution is -2.35. The SMILES string of the molecule is CSC1(CNc2nnc(CCl)o2)CCCCC1. The fraction of sp³-hybridized carbons (Fsp3) is 0.818. The van der Waals surface area contributed by atoms with Crippen LogP contribution >= 0.6 is 23.4 Å². The Hall–Kier alpha value is -0.420. The van der Waals surface area contributed by atoms with E-state index < -0.39 is 0 Å². The first kappa shape index (κ1) is 13.0. The number of anilines is 1. The van der Waals surface area contributed by atoms with Gasteiger partial charge in [0, 0.05) is 11.3 Å². The summed E-state index contributed by atoms with van der Waals surface area (Å²) in [7, 11) is 0. The van der Waals surface area contributed by atoms with Crippen LogP contribution in [0.4, 0.5) is 6.01 Å². The van der Waals surface area contributed by atoms with Crippen molar-refractivity contribution in [3.8, 4) is 0 Å². The maximum absolute atomic E-state index is 5.62. The minimum absolute atomic E-state index is 0.266. The van der Waals surface area contributed by atoms with Crippen molar-refractivity contribution in [3.05, 3.63) is 5.89 Å². The molecule has 0 spiro atoms. The van der Waals surface area contributed by atoms with Crippen molar-refractivity contribution in [2.24, 2.45) is 0 Å². The highest BCUT2D eigenvalue weighted by Gasteiger charge is 2.31. The van der Waals surface area contributed by atoms with Crippen molar-refractivity contribution in [2.75, 3.05) is 18.1 Å². The van der Waals surface area contributed by atoms with E-state index in [1.54, 1.807) is 0 Å². The Bertz CT molecular complexity index is 352. The average molecular weight is 276 g/mol. The molecule has 2 rings (SSSR count). The summed E-state index contributed by atoms with van der Waals surface area (Å²) in [6.07, 6.45) is 8.71. The third kappa shape index (κ3) is 3.28. The fourth-order valence-corrected chi connectivity index (χ4v) is 3.29. The molecule has 0 unspecified atom stereocenters. The Morgan fingerprint density at radius 1 is 1.35 bits per heavy atom. The third-order valence-electron chi connectivity index (χ3n) is 3.34. The largest absolute Gasteiger partial charge is 0.407 e. The zero-order chi connectivity index (χ0) is 12.1. The van der Waals surface area contributed by atoms with Gasteiger partial charge in [-0.15, -0.1) is 16.7 Å². The lowest BCUT2D eigenvalue weighted by Gasteiger charge is -2.35. The molecule has 1 aromatic rings. The predicted octanol–water partition coefficient (Wildman–Crippen LogP) is 3.29. The van der Waals surface area contributed by atoms with E-state index in [2.05, 4.69) is 21.8 Å². The topological polar surface area (TPSA) is 51.0 Å². The third-order valence-corrected chi connectivity index (χ3v) is 4.99. The molecule has 0 bridgehead atoms. The zero-order valence-corrected chi connectivity index (χ0v) is 11.6. The van der Waals surface area contributed by atoms with Crippen LogP contribution in [0.5, 0.6) is 0 Å². The van der Waals surface area contributed by atoms with Gasteiger partial charge in [0.2, 0.25) is 5.89 Å². The highest BCUT2D eigenvalue weighted by molar-refractivity contribution is 8.00. The van der Waals surface area contributed by atoms with Crippen molar-refractivity contribution in [1.82, 2.24) is 10.2 Å². The van der Waals surface area contributed by atoms with Gasteiger partial charge in [-0.2, -0.15) is 11.8 Å². The summed E-state index contributed by atoms with van der Waals surface area (Å²) in [5.41, 5.74) is 0. The molecule has 1 fully saturated rings. The van der Waals surface area contributed by atoms with Gasteiger partial charge in [0.1, 0.15) is 5.88 Å². The second-order valence-corrected chi connectivity index (χ2v) is 5.98. The summed E-state index contributed by atoms with van der Waals surface area (Å²) in [5, 5.41) is 11.0. The fourth-order valence-electron chi connectivity index (χ4n) is 2.26. The molecule has 0 atom stereocenters. The van der Waals surface area contributed by atoms with Gasteiger partial charge in [-0.1, -0.05) is 24.4 Å². The molecule has 1 aromatic heterocycles. The molecular weight excluding hydrogens is 258 g/mol. The van der Waals surface area contributed by atoms with Crippen LogP contribution in [0.2, 0.25) is 0 Å². The number of nitrogens with zero attached hydrogens (tertiary/aromatic N) is 2. The van der Waals surface area contributed by atoms with E-state index in [4.69, 9.17) is 16.0 Å². The smallest absolute Gasteiger partial charge is 0.315 e. The van der Waals surface area contributed by atoms with E-state index in [0.29, 0.717) is 16.7 Å². The first-order valence-corrected chi connectivity index (χ1v) is 7.71. The van der Waals surface area contributed by atoms with E-state index in [9.17, 15) is 0 Å². The van der Waals surface area contributed by atoms with Crippen LogP contribution in [0.15, 0.2) is 4.42 Å². The van der Waals surface area contributed by atoms with E-state index in [-0.39, 0.29) is 5.88 Å². The molecule has 1 aliphatic carbocycles. The quantitative estimate of drug-likeness (QED) is 0.836. The van der Waals surface area contributed by atoms with E-state index in [1.165, 1.54) is 32.1 Å². The van der Waals surface area contributed by atoms with Crippen LogP contribution in [0, 0.1) is 0 Å². The minimum Gasteiger partial charge on any atom is -0.407 e. The molecule has 96 valence electrons. The van der Waals surface area contributed by atoms with Crippen LogP contribution in [0.3, 0.4) is 0 Å². The summed E-state index contributed by atoms with van der Waals surface area (Å²) in [4.78, 5) is 0. The second kappa shape index (κ2) is 5.96. The molecule has 17 heavy (non-hydrogen) atoms. The number of hydrogen-bond donors (Lipinski definition) is 1. The normalized spacial score (nSPS) is 19.2. The number of hydrogen-bond acceptors (Lipinski definition) is 5. The van der Waals surface area contributed by atoms with E-state index >= 15 is 0 Å². The van der Waals surface area contributed by atoms with Gasteiger partial charge in [0.15, 0.2) is 0 Å². The number of nitrogens with one attached hydrogen (secondary N) is 1. The molecule has 1 saturated carbocycles. The van der Waals surface area contributed by atoms with Crippen LogP contribution in [0.1, 0.15) is 38.0 Å². The van der Waals surface area contributed by atoms with Crippen molar-refractivity contribution in [3.63, 3.8) is 0 Å². The maximum atomic E-state index is 5.62. The van der Waals surface area contributed by atoms with Crippen molar-refractivity contribution < 1.29 is 4.42 Å². The Labute approximate surface area is 111 Å². The molecule has 6 heteroatoms. The molecule has 0 aliphatic heterocycles. The summed E-state index contributed by atoms with van der Waals surface area (Å²) in [6.45, 7) is 0.887. The lowest BCUT2D eigenvalue weighted by molar-refractivity contribution is 0.407. The van der Waals surface area contributed by atoms with Crippen LogP contribution in [-0.4, -0.2) is 27.7 Å². The van der Waals surface area contributed by atoms with Crippen molar-refractivity contribution in [2.45, 2.75) is 42.7 Å². The molecule has 0 saturated heterocycles. The molecule has 0 amide bonds. The Balaban J connectivity index is 1.90. The van der Waals surface area contributed by atoms with Gasteiger partial charge in [-0.25, -0.2) is 0 Å². The summed E-state index contributed by atoms with van der Waals surface area (Å²) < 4.78 is 5.67. The number of aromatic nitrogens is 2. The Morgan fingerprint density at radius 2 is 2.12 bits per heavy atom. The summed E-state index contributed by atoms with van der Waals surface area (Å²) in [5.74, 6) is 0.735. The van der Waals surface area contributed by atoms with Gasteiger partial charge in [-0.3, -0.25) is 0 Å². The summed E-state index contributed by atoms with van der Waals surface area (Å²) >= 11 is 7.56. The monoisotopic (exact) mass is 275 g/mol. The van der Waals surface area contributed by atoms with E-state index in [0.717, 1.165) is 6.54 Å². The van der Waals surface area contributed by atoms with Gasteiger partial charge >= 0.3 is 6.01 Å². The number of thioether (sulfide) groups is 1. The first-order chi connectivity index (χ1) is 8.28. The highest BCUT2D eigenvalue weighted by Crippen LogP contribution is 2.38. The van der Waals surface area contributed by atoms with Crippen molar-refractivity contribution in [1.29, 1.82) is 0 Å². The van der Waals surface area contributed by atoms with Crippen LogP contribution < -0.4 is 5.32 Å². The summed E-state index contributed by atoms with van der Waals surface area (Å²) in [6, 6.07) is 0.486.